The Hall–Kier alpha value is -2.02. The number of benzene rings is 1. The number of rotatable bonds is 4. The fraction of sp³-hybridized carbons (Fsp3) is 0.462. The van der Waals surface area contributed by atoms with E-state index >= 15 is 0 Å². The summed E-state index contributed by atoms with van der Waals surface area (Å²) in [5.74, 6) is -1.42. The number of carboxylic acids is 1. The van der Waals surface area contributed by atoms with Gasteiger partial charge in [-0.15, -0.1) is 0 Å². The number of nitro groups is 1. The van der Waals surface area contributed by atoms with Crippen molar-refractivity contribution in [2.45, 2.75) is 19.9 Å². The summed E-state index contributed by atoms with van der Waals surface area (Å²) >= 11 is 0. The summed E-state index contributed by atoms with van der Waals surface area (Å²) in [7, 11) is 0. The van der Waals surface area contributed by atoms with E-state index in [4.69, 9.17) is 5.11 Å². The quantitative estimate of drug-likeness (QED) is 0.674. The van der Waals surface area contributed by atoms with Crippen LogP contribution in [0.4, 0.5) is 10.1 Å². The number of aliphatic carboxylic acids is 1. The van der Waals surface area contributed by atoms with Crippen LogP contribution < -0.4 is 0 Å². The Morgan fingerprint density at radius 1 is 1.60 bits per heavy atom. The van der Waals surface area contributed by atoms with Crippen molar-refractivity contribution < 1.29 is 19.2 Å². The lowest BCUT2D eigenvalue weighted by atomic mass is 9.90. The third-order valence-electron chi connectivity index (χ3n) is 3.70. The molecular weight excluding hydrogens is 267 g/mol. The second kappa shape index (κ2) is 5.16. The van der Waals surface area contributed by atoms with Crippen molar-refractivity contribution in [2.24, 2.45) is 5.41 Å². The Labute approximate surface area is 115 Å². The van der Waals surface area contributed by atoms with E-state index in [1.165, 1.54) is 0 Å². The Morgan fingerprint density at radius 3 is 2.85 bits per heavy atom. The number of halogens is 1. The highest BCUT2D eigenvalue weighted by molar-refractivity contribution is 5.74. The fourth-order valence-electron chi connectivity index (χ4n) is 2.47. The Morgan fingerprint density at radius 2 is 2.30 bits per heavy atom. The molecular formula is C13H15FN2O4. The first-order chi connectivity index (χ1) is 9.32. The van der Waals surface area contributed by atoms with Gasteiger partial charge in [0.2, 0.25) is 0 Å². The number of nitro benzene ring substituents is 1. The molecule has 1 heterocycles. The van der Waals surface area contributed by atoms with E-state index in [0.717, 1.165) is 18.2 Å². The van der Waals surface area contributed by atoms with Gasteiger partial charge in [0.25, 0.3) is 5.69 Å². The minimum absolute atomic E-state index is 0.143. The van der Waals surface area contributed by atoms with Crippen LogP contribution in [0.1, 0.15) is 18.9 Å². The van der Waals surface area contributed by atoms with E-state index in [2.05, 4.69) is 0 Å². The van der Waals surface area contributed by atoms with Gasteiger partial charge < -0.3 is 5.11 Å². The van der Waals surface area contributed by atoms with Crippen molar-refractivity contribution in [3.05, 3.63) is 39.7 Å². The van der Waals surface area contributed by atoms with Crippen molar-refractivity contribution in [3.8, 4) is 0 Å². The SMILES string of the molecule is CC1(C(=O)O)CCN(Cc2cc(F)ccc2[N+](=O)[O-])C1. The Balaban J connectivity index is 2.18. The maximum atomic E-state index is 13.2. The number of hydrogen-bond acceptors (Lipinski definition) is 4. The molecule has 1 aliphatic rings. The molecule has 1 aromatic rings. The van der Waals surface area contributed by atoms with Crippen LogP contribution in [0.25, 0.3) is 0 Å². The predicted molar refractivity (Wildman–Crippen MR) is 68.7 cm³/mol. The van der Waals surface area contributed by atoms with E-state index in [1.54, 1.807) is 11.8 Å². The lowest BCUT2D eigenvalue weighted by Gasteiger charge is -2.20. The highest BCUT2D eigenvalue weighted by Gasteiger charge is 2.40. The van der Waals surface area contributed by atoms with Crippen LogP contribution in [0.15, 0.2) is 18.2 Å². The molecule has 0 amide bonds. The average molecular weight is 282 g/mol. The number of hydrogen-bond donors (Lipinski definition) is 1. The maximum Gasteiger partial charge on any atom is 0.310 e. The molecule has 108 valence electrons. The molecule has 1 saturated heterocycles. The molecule has 0 saturated carbocycles. The summed E-state index contributed by atoms with van der Waals surface area (Å²) in [4.78, 5) is 23.3. The molecule has 0 aliphatic carbocycles. The van der Waals surface area contributed by atoms with Crippen LogP contribution in [-0.2, 0) is 11.3 Å². The van der Waals surface area contributed by atoms with Gasteiger partial charge in [-0.2, -0.15) is 0 Å². The van der Waals surface area contributed by atoms with E-state index in [1.807, 2.05) is 0 Å². The number of likely N-dealkylation sites (tertiary alicyclic amines) is 1. The van der Waals surface area contributed by atoms with Crippen molar-refractivity contribution in [2.75, 3.05) is 13.1 Å². The molecule has 0 aromatic heterocycles. The minimum Gasteiger partial charge on any atom is -0.481 e. The van der Waals surface area contributed by atoms with Crippen LogP contribution in [0.5, 0.6) is 0 Å². The summed E-state index contributed by atoms with van der Waals surface area (Å²) in [6.07, 6.45) is 0.478. The second-order valence-electron chi connectivity index (χ2n) is 5.36. The molecule has 1 aromatic carbocycles. The van der Waals surface area contributed by atoms with Gasteiger partial charge in [0.05, 0.1) is 10.3 Å². The molecule has 1 N–H and O–H groups in total. The maximum absolute atomic E-state index is 13.2. The highest BCUT2D eigenvalue weighted by Crippen LogP contribution is 2.32. The summed E-state index contributed by atoms with van der Waals surface area (Å²) < 4.78 is 13.2. The summed E-state index contributed by atoms with van der Waals surface area (Å²) in [5, 5.41) is 20.1. The van der Waals surface area contributed by atoms with Gasteiger partial charge in [-0.05, 0) is 32.0 Å². The van der Waals surface area contributed by atoms with Crippen LogP contribution in [-0.4, -0.2) is 34.0 Å². The van der Waals surface area contributed by atoms with Crippen LogP contribution in [0.2, 0.25) is 0 Å². The van der Waals surface area contributed by atoms with Gasteiger partial charge in [-0.25, -0.2) is 4.39 Å². The molecule has 6 nitrogen and oxygen atoms in total. The first kappa shape index (κ1) is 14.4. The number of nitrogens with zero attached hydrogens (tertiary/aromatic N) is 2. The second-order valence-corrected chi connectivity index (χ2v) is 5.36. The van der Waals surface area contributed by atoms with E-state index in [-0.39, 0.29) is 17.8 Å². The number of carbonyl (C=O) groups is 1. The monoisotopic (exact) mass is 282 g/mol. The molecule has 1 atom stereocenters. The van der Waals surface area contributed by atoms with Crippen LogP contribution in [0.3, 0.4) is 0 Å². The van der Waals surface area contributed by atoms with Gasteiger partial charge in [0, 0.05) is 24.7 Å². The molecule has 2 rings (SSSR count). The topological polar surface area (TPSA) is 83.7 Å². The van der Waals surface area contributed by atoms with Gasteiger partial charge in [0.15, 0.2) is 0 Å². The fourth-order valence-corrected chi connectivity index (χ4v) is 2.47. The molecule has 1 fully saturated rings. The third-order valence-corrected chi connectivity index (χ3v) is 3.70. The zero-order valence-corrected chi connectivity index (χ0v) is 11.0. The molecule has 1 unspecified atom stereocenters. The van der Waals surface area contributed by atoms with Crippen LogP contribution in [0, 0.1) is 21.3 Å². The summed E-state index contributed by atoms with van der Waals surface area (Å²) in [5.41, 5.74) is -0.720. The average Bonchev–Trinajstić information content (AvgIpc) is 2.72. The third kappa shape index (κ3) is 2.77. The predicted octanol–water partition coefficient (Wildman–Crippen LogP) is 2.03. The van der Waals surface area contributed by atoms with Gasteiger partial charge in [0.1, 0.15) is 5.82 Å². The Kier molecular flexibility index (Phi) is 3.71. The highest BCUT2D eigenvalue weighted by atomic mass is 19.1. The lowest BCUT2D eigenvalue weighted by molar-refractivity contribution is -0.385. The van der Waals surface area contributed by atoms with Crippen molar-refractivity contribution in [1.29, 1.82) is 0 Å². The number of carboxylic acid groups (broad SMARTS) is 1. The van der Waals surface area contributed by atoms with Gasteiger partial charge in [-0.3, -0.25) is 19.8 Å². The molecule has 0 bridgehead atoms. The van der Waals surface area contributed by atoms with E-state index in [9.17, 15) is 19.3 Å². The molecule has 0 spiro atoms. The summed E-state index contributed by atoms with van der Waals surface area (Å²) in [6, 6.07) is 3.32. The first-order valence-corrected chi connectivity index (χ1v) is 6.20. The molecule has 7 heteroatoms. The largest absolute Gasteiger partial charge is 0.481 e. The van der Waals surface area contributed by atoms with Crippen molar-refractivity contribution in [1.82, 2.24) is 4.90 Å². The smallest absolute Gasteiger partial charge is 0.310 e. The normalized spacial score (nSPS) is 22.9. The molecule has 1 aliphatic heterocycles. The minimum atomic E-state index is -0.881. The standard InChI is InChI=1S/C13H15FN2O4/c1-13(12(17)18)4-5-15(8-13)7-9-6-10(14)2-3-11(9)16(19)20/h2-3,6H,4-5,7-8H2,1H3,(H,17,18). The Bertz CT molecular complexity index is 563. The zero-order valence-electron chi connectivity index (χ0n) is 11.0. The van der Waals surface area contributed by atoms with E-state index in [0.29, 0.717) is 19.5 Å². The van der Waals surface area contributed by atoms with E-state index < -0.39 is 22.1 Å². The molecule has 20 heavy (non-hydrogen) atoms. The lowest BCUT2D eigenvalue weighted by Crippen LogP contribution is -2.31. The van der Waals surface area contributed by atoms with Gasteiger partial charge in [-0.1, -0.05) is 0 Å². The van der Waals surface area contributed by atoms with Gasteiger partial charge >= 0.3 is 5.97 Å². The van der Waals surface area contributed by atoms with Crippen molar-refractivity contribution in [3.63, 3.8) is 0 Å². The first-order valence-electron chi connectivity index (χ1n) is 6.20. The molecule has 0 radical (unpaired) electrons. The van der Waals surface area contributed by atoms with Crippen molar-refractivity contribution >= 4 is 11.7 Å². The summed E-state index contributed by atoms with van der Waals surface area (Å²) in [6.45, 7) is 2.65. The van der Waals surface area contributed by atoms with Crippen LogP contribution >= 0.6 is 0 Å². The zero-order chi connectivity index (χ0) is 14.9.